The van der Waals surface area contributed by atoms with Gasteiger partial charge in [0.2, 0.25) is 4.80 Å². The fourth-order valence-corrected chi connectivity index (χ4v) is 3.72. The van der Waals surface area contributed by atoms with Crippen LogP contribution >= 0.6 is 11.3 Å². The molecule has 0 aliphatic heterocycles. The van der Waals surface area contributed by atoms with E-state index in [1.807, 2.05) is 35.3 Å². The minimum atomic E-state index is 0.560. The predicted octanol–water partition coefficient (Wildman–Crippen LogP) is 5.18. The molecule has 2 aromatic carbocycles. The molecule has 28 heavy (non-hydrogen) atoms. The van der Waals surface area contributed by atoms with Crippen molar-refractivity contribution in [1.82, 2.24) is 9.66 Å². The molecule has 1 N–H and O–H groups in total. The Labute approximate surface area is 167 Å². The largest absolute Gasteiger partial charge is 0.360 e. The lowest BCUT2D eigenvalue weighted by molar-refractivity contribution is 0.840. The van der Waals surface area contributed by atoms with Crippen molar-refractivity contribution >= 4 is 17.6 Å². The first kappa shape index (κ1) is 17.9. The van der Waals surface area contributed by atoms with E-state index in [0.717, 1.165) is 21.8 Å². The molecule has 0 unspecified atom stereocenters. The van der Waals surface area contributed by atoms with E-state index in [1.54, 1.807) is 17.4 Å². The second-order valence-corrected chi connectivity index (χ2v) is 6.99. The van der Waals surface area contributed by atoms with Crippen LogP contribution in [-0.2, 0) is 0 Å². The summed E-state index contributed by atoms with van der Waals surface area (Å²) in [6, 6.07) is 22.8. The Bertz CT molecular complexity index is 1130. The van der Waals surface area contributed by atoms with E-state index in [0.29, 0.717) is 6.54 Å². The van der Waals surface area contributed by atoms with Crippen LogP contribution in [0.2, 0.25) is 0 Å². The Balaban J connectivity index is 1.72. The number of nitrogens with zero attached hydrogens (tertiary/aromatic N) is 3. The molecule has 0 saturated carbocycles. The SMILES string of the molecule is C=CCN=c1scc(-c2ccc(-c3ccccc3)cc2)n1N=Cc1ccc[nH]1. The van der Waals surface area contributed by atoms with E-state index >= 15 is 0 Å². The lowest BCUT2D eigenvalue weighted by Crippen LogP contribution is -2.12. The number of hydrogen-bond acceptors (Lipinski definition) is 3. The zero-order valence-corrected chi connectivity index (χ0v) is 16.1. The molecule has 4 rings (SSSR count). The number of nitrogens with one attached hydrogen (secondary N) is 1. The summed E-state index contributed by atoms with van der Waals surface area (Å²) in [7, 11) is 0. The highest BCUT2D eigenvalue weighted by molar-refractivity contribution is 7.07. The van der Waals surface area contributed by atoms with Crippen molar-refractivity contribution in [3.8, 4) is 22.4 Å². The number of aromatic nitrogens is 2. The molecule has 0 atom stereocenters. The van der Waals surface area contributed by atoms with E-state index < -0.39 is 0 Å². The fourth-order valence-electron chi connectivity index (χ4n) is 2.87. The molecule has 4 aromatic rings. The Morgan fingerprint density at radius 3 is 2.39 bits per heavy atom. The first-order chi connectivity index (χ1) is 13.8. The van der Waals surface area contributed by atoms with Crippen LogP contribution in [-0.4, -0.2) is 22.4 Å². The van der Waals surface area contributed by atoms with Gasteiger partial charge in [0.05, 0.1) is 24.1 Å². The van der Waals surface area contributed by atoms with Gasteiger partial charge in [0.15, 0.2) is 0 Å². The average molecular weight is 385 g/mol. The topological polar surface area (TPSA) is 45.4 Å². The Hall–Kier alpha value is -3.44. The summed E-state index contributed by atoms with van der Waals surface area (Å²) >= 11 is 1.57. The lowest BCUT2D eigenvalue weighted by atomic mass is 10.0. The van der Waals surface area contributed by atoms with Crippen LogP contribution in [0, 0.1) is 0 Å². The highest BCUT2D eigenvalue weighted by atomic mass is 32.1. The van der Waals surface area contributed by atoms with E-state index in [4.69, 9.17) is 0 Å². The summed E-state index contributed by atoms with van der Waals surface area (Å²) in [5.41, 5.74) is 5.45. The summed E-state index contributed by atoms with van der Waals surface area (Å²) in [6.07, 6.45) is 5.47. The second kappa shape index (κ2) is 8.50. The number of benzene rings is 2. The monoisotopic (exact) mass is 384 g/mol. The van der Waals surface area contributed by atoms with Gasteiger partial charge in [-0.2, -0.15) is 5.10 Å². The standard InChI is InChI=1S/C23H20N4S/c1-2-14-25-23-27(26-16-21-9-6-15-24-21)22(17-28-23)20-12-10-19(11-13-20)18-7-4-3-5-8-18/h2-13,15-17,24H,1,14H2. The average Bonchev–Trinajstić information content (AvgIpc) is 3.41. The van der Waals surface area contributed by atoms with Gasteiger partial charge < -0.3 is 4.98 Å². The van der Waals surface area contributed by atoms with Crippen molar-refractivity contribution < 1.29 is 0 Å². The minimum Gasteiger partial charge on any atom is -0.360 e. The first-order valence-electron chi connectivity index (χ1n) is 9.00. The maximum absolute atomic E-state index is 4.66. The third-order valence-corrected chi connectivity index (χ3v) is 5.12. The maximum Gasteiger partial charge on any atom is 0.206 e. The Morgan fingerprint density at radius 2 is 1.68 bits per heavy atom. The zero-order valence-electron chi connectivity index (χ0n) is 15.3. The summed E-state index contributed by atoms with van der Waals surface area (Å²) in [6.45, 7) is 4.31. The van der Waals surface area contributed by atoms with Gasteiger partial charge in [-0.15, -0.1) is 17.9 Å². The molecule has 5 heteroatoms. The molecule has 0 spiro atoms. The Morgan fingerprint density at radius 1 is 0.929 bits per heavy atom. The highest BCUT2D eigenvalue weighted by Crippen LogP contribution is 2.25. The summed E-state index contributed by atoms with van der Waals surface area (Å²) < 4.78 is 1.88. The second-order valence-electron chi connectivity index (χ2n) is 6.16. The molecule has 4 nitrogen and oxygen atoms in total. The van der Waals surface area contributed by atoms with Crippen molar-refractivity contribution in [3.63, 3.8) is 0 Å². The lowest BCUT2D eigenvalue weighted by Gasteiger charge is -2.06. The molecule has 0 saturated heterocycles. The van der Waals surface area contributed by atoms with Gasteiger partial charge >= 0.3 is 0 Å². The molecular weight excluding hydrogens is 364 g/mol. The summed E-state index contributed by atoms with van der Waals surface area (Å²) in [4.78, 5) is 8.55. The number of aromatic amines is 1. The minimum absolute atomic E-state index is 0.560. The molecule has 0 fully saturated rings. The van der Waals surface area contributed by atoms with Crippen LogP contribution in [0.4, 0.5) is 0 Å². The fraction of sp³-hybridized carbons (Fsp3) is 0.0435. The third kappa shape index (κ3) is 3.94. The van der Waals surface area contributed by atoms with E-state index in [-0.39, 0.29) is 0 Å². The molecule has 0 amide bonds. The van der Waals surface area contributed by atoms with Crippen LogP contribution in [0.15, 0.2) is 101 Å². The van der Waals surface area contributed by atoms with Crippen LogP contribution in [0.1, 0.15) is 5.69 Å². The first-order valence-corrected chi connectivity index (χ1v) is 9.88. The molecule has 0 bridgehead atoms. The molecule has 2 aromatic heterocycles. The molecule has 0 radical (unpaired) electrons. The number of hydrogen-bond donors (Lipinski definition) is 1. The number of rotatable bonds is 6. The molecule has 0 aliphatic rings. The quantitative estimate of drug-likeness (QED) is 0.352. The molecular formula is C23H20N4S. The predicted molar refractivity (Wildman–Crippen MR) is 118 cm³/mol. The number of H-pyrrole nitrogens is 1. The molecule has 138 valence electrons. The van der Waals surface area contributed by atoms with Crippen molar-refractivity contribution in [2.24, 2.45) is 10.1 Å². The van der Waals surface area contributed by atoms with Crippen LogP contribution in [0.3, 0.4) is 0 Å². The molecule has 2 heterocycles. The van der Waals surface area contributed by atoms with Crippen LogP contribution < -0.4 is 4.80 Å². The van der Waals surface area contributed by atoms with Gasteiger partial charge in [-0.25, -0.2) is 4.68 Å². The highest BCUT2D eigenvalue weighted by Gasteiger charge is 2.08. The summed E-state index contributed by atoms with van der Waals surface area (Å²) in [5, 5.41) is 6.75. The number of thiazole rings is 1. The van der Waals surface area contributed by atoms with Gasteiger partial charge in [-0.3, -0.25) is 4.99 Å². The van der Waals surface area contributed by atoms with Gasteiger partial charge in [-0.1, -0.05) is 60.7 Å². The summed E-state index contributed by atoms with van der Waals surface area (Å²) in [5.74, 6) is 0. The van der Waals surface area contributed by atoms with Crippen molar-refractivity contribution in [3.05, 3.63) is 101 Å². The maximum atomic E-state index is 4.66. The van der Waals surface area contributed by atoms with Gasteiger partial charge in [0.1, 0.15) is 0 Å². The van der Waals surface area contributed by atoms with Crippen LogP contribution in [0.5, 0.6) is 0 Å². The van der Waals surface area contributed by atoms with Crippen molar-refractivity contribution in [2.45, 2.75) is 0 Å². The van der Waals surface area contributed by atoms with Gasteiger partial charge in [0.25, 0.3) is 0 Å². The molecule has 0 aliphatic carbocycles. The van der Waals surface area contributed by atoms with E-state index in [9.17, 15) is 0 Å². The van der Waals surface area contributed by atoms with Crippen LogP contribution in [0.25, 0.3) is 22.4 Å². The van der Waals surface area contributed by atoms with Crippen molar-refractivity contribution in [1.29, 1.82) is 0 Å². The van der Waals surface area contributed by atoms with Gasteiger partial charge in [-0.05, 0) is 23.3 Å². The third-order valence-electron chi connectivity index (χ3n) is 4.26. The Kier molecular flexibility index (Phi) is 5.45. The smallest absolute Gasteiger partial charge is 0.206 e. The normalized spacial score (nSPS) is 11.9. The van der Waals surface area contributed by atoms with Gasteiger partial charge in [0, 0.05) is 17.1 Å². The van der Waals surface area contributed by atoms with E-state index in [2.05, 4.69) is 75.6 Å². The van der Waals surface area contributed by atoms with Crippen molar-refractivity contribution in [2.75, 3.05) is 6.54 Å². The van der Waals surface area contributed by atoms with E-state index in [1.165, 1.54) is 11.1 Å². The zero-order chi connectivity index (χ0) is 19.2.